The molecule has 0 N–H and O–H groups in total. The van der Waals surface area contributed by atoms with Crippen LogP contribution < -0.4 is 9.47 Å². The van der Waals surface area contributed by atoms with Gasteiger partial charge in [-0.05, 0) is 69.1 Å². The number of carbonyl (C=O) groups is 1. The van der Waals surface area contributed by atoms with Crippen LogP contribution in [0.25, 0.3) is 0 Å². The molecule has 1 aromatic heterocycles. The molecule has 0 aromatic carbocycles. The number of aromatic nitrogens is 2. The Morgan fingerprint density at radius 1 is 1.11 bits per heavy atom. The molecule has 6 heteroatoms. The van der Waals surface area contributed by atoms with Crippen LogP contribution in [0.4, 0.5) is 0 Å². The molecular weight excluding hydrogens is 342 g/mol. The van der Waals surface area contributed by atoms with E-state index in [4.69, 9.17) is 9.47 Å². The Morgan fingerprint density at radius 2 is 1.78 bits per heavy atom. The van der Waals surface area contributed by atoms with Crippen LogP contribution in [0, 0.1) is 23.2 Å². The van der Waals surface area contributed by atoms with E-state index in [2.05, 4.69) is 14.9 Å². The molecular formula is C21H29N3O3. The number of hydrogen-bond donors (Lipinski definition) is 0. The predicted molar refractivity (Wildman–Crippen MR) is 99.4 cm³/mol. The van der Waals surface area contributed by atoms with Gasteiger partial charge in [-0.25, -0.2) is 0 Å². The van der Waals surface area contributed by atoms with Crippen molar-refractivity contribution >= 4 is 5.91 Å². The maximum Gasteiger partial charge on any atom is 0.235 e. The summed E-state index contributed by atoms with van der Waals surface area (Å²) in [5, 5.41) is 0. The molecule has 1 aromatic rings. The molecule has 6 nitrogen and oxygen atoms in total. The van der Waals surface area contributed by atoms with Gasteiger partial charge in [-0.1, -0.05) is 0 Å². The molecule has 6 rings (SSSR count). The van der Waals surface area contributed by atoms with Crippen LogP contribution in [0.5, 0.6) is 11.8 Å². The Labute approximate surface area is 160 Å². The minimum Gasteiger partial charge on any atom is -0.480 e. The fourth-order valence-corrected chi connectivity index (χ4v) is 6.58. The maximum atomic E-state index is 13.6. The van der Waals surface area contributed by atoms with Crippen molar-refractivity contribution in [3.63, 3.8) is 0 Å². The van der Waals surface area contributed by atoms with Crippen LogP contribution in [-0.4, -0.2) is 47.1 Å². The van der Waals surface area contributed by atoms with E-state index in [1.54, 1.807) is 19.5 Å². The Morgan fingerprint density at radius 3 is 2.44 bits per heavy atom. The predicted octanol–water partition coefficient (Wildman–Crippen LogP) is 3.07. The van der Waals surface area contributed by atoms with Crippen molar-refractivity contribution in [3.05, 3.63) is 12.4 Å². The topological polar surface area (TPSA) is 64.6 Å². The molecule has 0 radical (unpaired) electrons. The highest BCUT2D eigenvalue weighted by molar-refractivity contribution is 5.83. The van der Waals surface area contributed by atoms with E-state index in [9.17, 15) is 4.79 Å². The molecule has 4 saturated carbocycles. The van der Waals surface area contributed by atoms with Crippen LogP contribution in [-0.2, 0) is 4.79 Å². The van der Waals surface area contributed by atoms with Crippen LogP contribution in [0.15, 0.2) is 12.4 Å². The highest BCUT2D eigenvalue weighted by Crippen LogP contribution is 2.60. The molecule has 1 atom stereocenters. The van der Waals surface area contributed by atoms with E-state index in [-0.39, 0.29) is 11.5 Å². The van der Waals surface area contributed by atoms with E-state index in [0.29, 0.717) is 24.2 Å². The molecule has 27 heavy (non-hydrogen) atoms. The first-order valence-electron chi connectivity index (χ1n) is 10.5. The minimum absolute atomic E-state index is 0.0157. The van der Waals surface area contributed by atoms with E-state index in [1.165, 1.54) is 19.3 Å². The number of rotatable bonds is 4. The molecule has 1 aliphatic heterocycles. The van der Waals surface area contributed by atoms with Crippen LogP contribution >= 0.6 is 0 Å². The summed E-state index contributed by atoms with van der Waals surface area (Å²) < 4.78 is 11.2. The summed E-state index contributed by atoms with van der Waals surface area (Å²) >= 11 is 0. The van der Waals surface area contributed by atoms with Gasteiger partial charge >= 0.3 is 0 Å². The number of hydrogen-bond acceptors (Lipinski definition) is 5. The third-order valence-corrected chi connectivity index (χ3v) is 7.24. The lowest BCUT2D eigenvalue weighted by Gasteiger charge is -2.57. The van der Waals surface area contributed by atoms with Gasteiger partial charge in [-0.15, -0.1) is 0 Å². The summed E-state index contributed by atoms with van der Waals surface area (Å²) in [4.78, 5) is 24.1. The van der Waals surface area contributed by atoms with Gasteiger partial charge in [0.15, 0.2) is 0 Å². The number of amides is 1. The molecule has 146 valence electrons. The van der Waals surface area contributed by atoms with Gasteiger partial charge in [0.2, 0.25) is 17.7 Å². The molecule has 1 unspecified atom stereocenters. The molecule has 4 aliphatic carbocycles. The van der Waals surface area contributed by atoms with E-state index >= 15 is 0 Å². The molecule has 5 aliphatic rings. The standard InChI is InChI=1S/C21H29N3O3/c1-26-18-11-22-12-19(23-18)27-17-3-2-4-24(13-17)20(25)21-8-14-5-15(9-21)7-16(6-14)10-21/h11-12,14-17H,2-10,13H2,1H3. The van der Waals surface area contributed by atoms with Crippen molar-refractivity contribution in [1.82, 2.24) is 14.9 Å². The highest BCUT2D eigenvalue weighted by atomic mass is 16.5. The SMILES string of the molecule is COc1cncc(OC2CCCN(C(=O)C34CC5CC(CC(C5)C3)C4)C2)n1. The number of likely N-dealkylation sites (tertiary alicyclic amines) is 1. The normalized spacial score (nSPS) is 37.3. The zero-order valence-corrected chi connectivity index (χ0v) is 16.1. The number of nitrogens with zero attached hydrogens (tertiary/aromatic N) is 3. The molecule has 2 heterocycles. The van der Waals surface area contributed by atoms with Crippen molar-refractivity contribution in [1.29, 1.82) is 0 Å². The second kappa shape index (κ2) is 6.64. The smallest absolute Gasteiger partial charge is 0.235 e. The Hall–Kier alpha value is -1.85. The van der Waals surface area contributed by atoms with E-state index < -0.39 is 0 Å². The monoisotopic (exact) mass is 371 g/mol. The van der Waals surface area contributed by atoms with Gasteiger partial charge in [0.25, 0.3) is 0 Å². The first kappa shape index (κ1) is 17.3. The Bertz CT molecular complexity index is 687. The van der Waals surface area contributed by atoms with Crippen LogP contribution in [0.2, 0.25) is 0 Å². The average molecular weight is 371 g/mol. The lowest BCUT2D eigenvalue weighted by Crippen LogP contribution is -2.57. The lowest BCUT2D eigenvalue weighted by atomic mass is 9.49. The summed E-state index contributed by atoms with van der Waals surface area (Å²) in [5.74, 6) is 3.72. The van der Waals surface area contributed by atoms with Gasteiger partial charge in [0, 0.05) is 6.54 Å². The van der Waals surface area contributed by atoms with Crippen LogP contribution in [0.1, 0.15) is 51.4 Å². The lowest BCUT2D eigenvalue weighted by molar-refractivity contribution is -0.160. The van der Waals surface area contributed by atoms with Crippen molar-refractivity contribution < 1.29 is 14.3 Å². The molecule has 4 bridgehead atoms. The molecule has 5 fully saturated rings. The summed E-state index contributed by atoms with van der Waals surface area (Å²) in [6.45, 7) is 1.53. The van der Waals surface area contributed by atoms with Crippen molar-refractivity contribution in [3.8, 4) is 11.8 Å². The zero-order chi connectivity index (χ0) is 18.4. The fourth-order valence-electron chi connectivity index (χ4n) is 6.58. The second-order valence-electron chi connectivity index (χ2n) is 9.23. The number of methoxy groups -OCH3 is 1. The number of carbonyl (C=O) groups excluding carboxylic acids is 1. The van der Waals surface area contributed by atoms with Gasteiger partial charge in [-0.2, -0.15) is 4.98 Å². The largest absolute Gasteiger partial charge is 0.480 e. The first-order valence-corrected chi connectivity index (χ1v) is 10.5. The van der Waals surface area contributed by atoms with E-state index in [1.807, 2.05) is 0 Å². The Balaban J connectivity index is 1.27. The van der Waals surface area contributed by atoms with Crippen molar-refractivity contribution in [2.75, 3.05) is 20.2 Å². The zero-order valence-electron chi connectivity index (χ0n) is 16.1. The first-order chi connectivity index (χ1) is 13.1. The van der Waals surface area contributed by atoms with E-state index in [0.717, 1.165) is 56.4 Å². The fraction of sp³-hybridized carbons (Fsp3) is 0.762. The van der Waals surface area contributed by atoms with Crippen molar-refractivity contribution in [2.24, 2.45) is 23.2 Å². The number of piperidine rings is 1. The van der Waals surface area contributed by atoms with Gasteiger partial charge in [0.05, 0.1) is 31.5 Å². The molecule has 1 amide bonds. The van der Waals surface area contributed by atoms with Gasteiger partial charge in [-0.3, -0.25) is 9.78 Å². The third kappa shape index (κ3) is 3.17. The highest BCUT2D eigenvalue weighted by Gasteiger charge is 2.55. The van der Waals surface area contributed by atoms with Crippen LogP contribution in [0.3, 0.4) is 0 Å². The third-order valence-electron chi connectivity index (χ3n) is 7.24. The summed E-state index contributed by atoms with van der Waals surface area (Å²) in [6.07, 6.45) is 12.6. The molecule has 1 saturated heterocycles. The summed E-state index contributed by atoms with van der Waals surface area (Å²) in [7, 11) is 1.57. The summed E-state index contributed by atoms with van der Waals surface area (Å²) in [5.41, 5.74) is -0.0631. The van der Waals surface area contributed by atoms with Gasteiger partial charge in [0.1, 0.15) is 6.10 Å². The average Bonchev–Trinajstić information content (AvgIpc) is 2.67. The maximum absolute atomic E-state index is 13.6. The minimum atomic E-state index is -0.0631. The Kier molecular flexibility index (Phi) is 4.25. The summed E-state index contributed by atoms with van der Waals surface area (Å²) in [6, 6.07) is 0. The van der Waals surface area contributed by atoms with Gasteiger partial charge < -0.3 is 14.4 Å². The second-order valence-corrected chi connectivity index (χ2v) is 9.23. The quantitative estimate of drug-likeness (QED) is 0.814. The number of ether oxygens (including phenoxy) is 2. The molecule has 0 spiro atoms. The van der Waals surface area contributed by atoms with Crippen molar-refractivity contribution in [2.45, 2.75) is 57.5 Å².